The first-order valence-electron chi connectivity index (χ1n) is 4.72. The SMILES string of the molecule is Cc1cc(Br)c2c(c1)C(C)CCN2. The van der Waals surface area contributed by atoms with Gasteiger partial charge in [-0.05, 0) is 52.4 Å². The first-order chi connectivity index (χ1) is 6.18. The smallest absolute Gasteiger partial charge is 0.0520 e. The van der Waals surface area contributed by atoms with Crippen LogP contribution in [0, 0.1) is 6.92 Å². The largest absolute Gasteiger partial charge is 0.384 e. The highest BCUT2D eigenvalue weighted by Crippen LogP contribution is 2.37. The molecule has 1 aliphatic rings. The lowest BCUT2D eigenvalue weighted by Crippen LogP contribution is -2.15. The van der Waals surface area contributed by atoms with Crippen molar-refractivity contribution in [1.29, 1.82) is 0 Å². The summed E-state index contributed by atoms with van der Waals surface area (Å²) < 4.78 is 1.20. The summed E-state index contributed by atoms with van der Waals surface area (Å²) in [6, 6.07) is 4.46. The summed E-state index contributed by atoms with van der Waals surface area (Å²) in [5.74, 6) is 0.687. The molecule has 0 fully saturated rings. The number of rotatable bonds is 0. The Kier molecular flexibility index (Phi) is 2.33. The molecular weight excluding hydrogens is 226 g/mol. The average Bonchev–Trinajstić information content (AvgIpc) is 2.07. The Morgan fingerprint density at radius 2 is 2.23 bits per heavy atom. The Hall–Kier alpha value is -0.500. The summed E-state index contributed by atoms with van der Waals surface area (Å²) >= 11 is 3.60. The van der Waals surface area contributed by atoms with Gasteiger partial charge in [-0.2, -0.15) is 0 Å². The lowest BCUT2D eigenvalue weighted by atomic mass is 9.91. The molecule has 1 nitrogen and oxygen atoms in total. The molecule has 0 spiro atoms. The van der Waals surface area contributed by atoms with Gasteiger partial charge in [0.2, 0.25) is 0 Å². The Bertz CT molecular complexity index is 333. The number of aryl methyl sites for hydroxylation is 1. The van der Waals surface area contributed by atoms with E-state index in [9.17, 15) is 0 Å². The van der Waals surface area contributed by atoms with Crippen LogP contribution in [0.25, 0.3) is 0 Å². The van der Waals surface area contributed by atoms with Gasteiger partial charge in [-0.1, -0.05) is 13.0 Å². The molecule has 1 N–H and O–H groups in total. The monoisotopic (exact) mass is 239 g/mol. The van der Waals surface area contributed by atoms with E-state index in [-0.39, 0.29) is 0 Å². The van der Waals surface area contributed by atoms with Gasteiger partial charge in [0.1, 0.15) is 0 Å². The fourth-order valence-electron chi connectivity index (χ4n) is 1.91. The van der Waals surface area contributed by atoms with Crippen LogP contribution in [0.4, 0.5) is 5.69 Å². The van der Waals surface area contributed by atoms with Crippen LogP contribution in [0.15, 0.2) is 16.6 Å². The number of hydrogen-bond donors (Lipinski definition) is 1. The molecule has 0 aromatic heterocycles. The molecule has 0 saturated heterocycles. The minimum absolute atomic E-state index is 0.687. The predicted molar refractivity (Wildman–Crippen MR) is 60.4 cm³/mol. The minimum Gasteiger partial charge on any atom is -0.384 e. The van der Waals surface area contributed by atoms with Gasteiger partial charge in [-0.25, -0.2) is 0 Å². The van der Waals surface area contributed by atoms with Crippen molar-refractivity contribution in [3.8, 4) is 0 Å². The van der Waals surface area contributed by atoms with E-state index in [0.717, 1.165) is 6.54 Å². The summed E-state index contributed by atoms with van der Waals surface area (Å²) in [6.07, 6.45) is 1.24. The van der Waals surface area contributed by atoms with Gasteiger partial charge < -0.3 is 5.32 Å². The van der Waals surface area contributed by atoms with Crippen molar-refractivity contribution in [2.24, 2.45) is 0 Å². The van der Waals surface area contributed by atoms with Crippen LogP contribution in [0.3, 0.4) is 0 Å². The Labute approximate surface area is 87.7 Å². The second-order valence-electron chi connectivity index (χ2n) is 3.83. The third-order valence-electron chi connectivity index (χ3n) is 2.68. The van der Waals surface area contributed by atoms with E-state index in [1.807, 2.05) is 0 Å². The van der Waals surface area contributed by atoms with Crippen LogP contribution in [-0.2, 0) is 0 Å². The molecule has 1 atom stereocenters. The number of fused-ring (bicyclic) bond motifs is 1. The topological polar surface area (TPSA) is 12.0 Å². The molecule has 1 aliphatic heterocycles. The maximum Gasteiger partial charge on any atom is 0.0520 e. The predicted octanol–water partition coefficient (Wildman–Crippen LogP) is 3.68. The van der Waals surface area contributed by atoms with Gasteiger partial charge >= 0.3 is 0 Å². The van der Waals surface area contributed by atoms with Gasteiger partial charge in [0.25, 0.3) is 0 Å². The Balaban J connectivity index is 2.56. The van der Waals surface area contributed by atoms with Crippen LogP contribution < -0.4 is 5.32 Å². The summed E-state index contributed by atoms with van der Waals surface area (Å²) in [5.41, 5.74) is 4.09. The van der Waals surface area contributed by atoms with E-state index in [4.69, 9.17) is 0 Å². The number of anilines is 1. The fraction of sp³-hybridized carbons (Fsp3) is 0.455. The molecule has 1 heterocycles. The van der Waals surface area contributed by atoms with E-state index in [0.29, 0.717) is 5.92 Å². The quantitative estimate of drug-likeness (QED) is 0.729. The maximum absolute atomic E-state index is 3.60. The molecule has 0 aliphatic carbocycles. The Morgan fingerprint density at radius 1 is 1.46 bits per heavy atom. The maximum atomic E-state index is 3.60. The van der Waals surface area contributed by atoms with Crippen molar-refractivity contribution < 1.29 is 0 Å². The van der Waals surface area contributed by atoms with Crippen molar-refractivity contribution in [2.75, 3.05) is 11.9 Å². The van der Waals surface area contributed by atoms with Gasteiger partial charge in [0.15, 0.2) is 0 Å². The molecule has 0 amide bonds. The van der Waals surface area contributed by atoms with Crippen LogP contribution in [-0.4, -0.2) is 6.54 Å². The molecule has 0 bridgehead atoms. The first-order valence-corrected chi connectivity index (χ1v) is 5.51. The highest BCUT2D eigenvalue weighted by molar-refractivity contribution is 9.10. The van der Waals surface area contributed by atoms with Crippen LogP contribution in [0.1, 0.15) is 30.4 Å². The average molecular weight is 240 g/mol. The van der Waals surface area contributed by atoms with Crippen molar-refractivity contribution >= 4 is 21.6 Å². The zero-order valence-corrected chi connectivity index (χ0v) is 9.61. The molecule has 1 aromatic carbocycles. The van der Waals surface area contributed by atoms with Crippen molar-refractivity contribution in [3.63, 3.8) is 0 Å². The van der Waals surface area contributed by atoms with Crippen LogP contribution in [0.5, 0.6) is 0 Å². The van der Waals surface area contributed by atoms with Gasteiger partial charge in [-0.3, -0.25) is 0 Å². The number of halogens is 1. The van der Waals surface area contributed by atoms with Crippen molar-refractivity contribution in [3.05, 3.63) is 27.7 Å². The third kappa shape index (κ3) is 1.60. The molecule has 2 heteroatoms. The minimum atomic E-state index is 0.687. The zero-order valence-electron chi connectivity index (χ0n) is 8.02. The van der Waals surface area contributed by atoms with Crippen molar-refractivity contribution in [1.82, 2.24) is 0 Å². The number of benzene rings is 1. The summed E-state index contributed by atoms with van der Waals surface area (Å²) in [4.78, 5) is 0. The molecule has 70 valence electrons. The van der Waals surface area contributed by atoms with E-state index in [2.05, 4.69) is 47.2 Å². The second-order valence-corrected chi connectivity index (χ2v) is 4.68. The van der Waals surface area contributed by atoms with E-state index < -0.39 is 0 Å². The molecule has 0 radical (unpaired) electrons. The van der Waals surface area contributed by atoms with Gasteiger partial charge in [0.05, 0.1) is 5.69 Å². The van der Waals surface area contributed by atoms with Crippen molar-refractivity contribution in [2.45, 2.75) is 26.2 Å². The molecule has 13 heavy (non-hydrogen) atoms. The van der Waals surface area contributed by atoms with Gasteiger partial charge in [0, 0.05) is 11.0 Å². The van der Waals surface area contributed by atoms with E-state index in [1.165, 1.54) is 27.7 Å². The second kappa shape index (κ2) is 3.33. The highest BCUT2D eigenvalue weighted by Gasteiger charge is 2.17. The summed E-state index contributed by atoms with van der Waals surface area (Å²) in [5, 5.41) is 3.44. The third-order valence-corrected chi connectivity index (χ3v) is 3.30. The lowest BCUT2D eigenvalue weighted by molar-refractivity contribution is 0.682. The summed E-state index contributed by atoms with van der Waals surface area (Å²) in [6.45, 7) is 5.54. The van der Waals surface area contributed by atoms with E-state index in [1.54, 1.807) is 0 Å². The first kappa shape index (κ1) is 9.07. The molecule has 2 rings (SSSR count). The normalized spacial score (nSPS) is 20.7. The van der Waals surface area contributed by atoms with E-state index >= 15 is 0 Å². The summed E-state index contributed by atoms with van der Waals surface area (Å²) in [7, 11) is 0. The number of hydrogen-bond acceptors (Lipinski definition) is 1. The molecular formula is C11H14BrN. The van der Waals surface area contributed by atoms with Gasteiger partial charge in [-0.15, -0.1) is 0 Å². The fourth-order valence-corrected chi connectivity index (χ4v) is 2.64. The standard InChI is InChI=1S/C11H14BrN/c1-7-5-9-8(2)3-4-13-11(9)10(12)6-7/h5-6,8,13H,3-4H2,1-2H3. The van der Waals surface area contributed by atoms with Crippen LogP contribution >= 0.6 is 15.9 Å². The lowest BCUT2D eigenvalue weighted by Gasteiger charge is -2.25. The molecule has 1 unspecified atom stereocenters. The molecule has 1 aromatic rings. The Morgan fingerprint density at radius 3 is 3.00 bits per heavy atom. The number of nitrogens with one attached hydrogen (secondary N) is 1. The van der Waals surface area contributed by atoms with Crippen LogP contribution in [0.2, 0.25) is 0 Å². The highest BCUT2D eigenvalue weighted by atomic mass is 79.9. The molecule has 0 saturated carbocycles. The zero-order chi connectivity index (χ0) is 9.42.